The van der Waals surface area contributed by atoms with Gasteiger partial charge in [0.25, 0.3) is 0 Å². The second-order valence-electron chi connectivity index (χ2n) is 5.26. The van der Waals surface area contributed by atoms with E-state index in [0.29, 0.717) is 0 Å². The van der Waals surface area contributed by atoms with Gasteiger partial charge in [0.05, 0.1) is 6.04 Å². The zero-order chi connectivity index (χ0) is 14.5. The van der Waals surface area contributed by atoms with Gasteiger partial charge >= 0.3 is 0 Å². The molecule has 0 bridgehead atoms. The molecule has 1 aliphatic rings. The minimum atomic E-state index is 0.0930. The molecule has 0 aromatic carbocycles. The number of rotatable bonds is 5. The number of thioether (sulfide) groups is 1. The molecule has 2 heterocycles. The smallest absolute Gasteiger partial charge is 0.226 e. The van der Waals surface area contributed by atoms with Gasteiger partial charge in [-0.05, 0) is 12.8 Å². The molecule has 1 aliphatic heterocycles. The van der Waals surface area contributed by atoms with Gasteiger partial charge in [-0.1, -0.05) is 13.8 Å². The van der Waals surface area contributed by atoms with Gasteiger partial charge in [0.15, 0.2) is 0 Å². The lowest BCUT2D eigenvalue weighted by atomic mass is 10.1. The molecule has 1 N–H and O–H groups in total. The molecule has 2 rings (SSSR count). The Labute approximate surface area is 125 Å². The van der Waals surface area contributed by atoms with E-state index in [-0.39, 0.29) is 17.9 Å². The number of hydrogen-bond acceptors (Lipinski definition) is 4. The molecule has 0 saturated carbocycles. The van der Waals surface area contributed by atoms with E-state index < -0.39 is 0 Å². The van der Waals surface area contributed by atoms with Crippen LogP contribution in [0.3, 0.4) is 0 Å². The largest absolute Gasteiger partial charge is 0.347 e. The number of nitrogens with zero attached hydrogens (tertiary/aromatic N) is 3. The van der Waals surface area contributed by atoms with Crippen molar-refractivity contribution in [3.8, 4) is 0 Å². The molecule has 0 unspecified atom stereocenters. The predicted octanol–water partition coefficient (Wildman–Crippen LogP) is 1.61. The Kier molecular flexibility index (Phi) is 5.48. The highest BCUT2D eigenvalue weighted by Gasteiger charge is 2.32. The van der Waals surface area contributed by atoms with Gasteiger partial charge < -0.3 is 9.88 Å². The summed E-state index contributed by atoms with van der Waals surface area (Å²) < 4.78 is 0. The first-order chi connectivity index (χ1) is 9.67. The molecule has 1 amide bonds. The maximum Gasteiger partial charge on any atom is 0.226 e. The Hall–Kier alpha value is -1.01. The fraction of sp³-hybridized carbons (Fsp3) is 0.714. The van der Waals surface area contributed by atoms with E-state index in [0.717, 1.165) is 37.8 Å². The standard InChI is InChI=1S/C14H24N4OS/c1-4-17-7-8-18(14(19)11(2)10-20-3)9-12(17)13-15-5-6-16-13/h5-6,11-12H,4,7-10H2,1-3H3,(H,15,16)/t11-,12+/m0/s1. The molecule has 1 saturated heterocycles. The number of carbonyl (C=O) groups excluding carboxylic acids is 1. The van der Waals surface area contributed by atoms with Crippen LogP contribution in [0.2, 0.25) is 0 Å². The molecular weight excluding hydrogens is 272 g/mol. The highest BCUT2D eigenvalue weighted by atomic mass is 32.2. The number of piperazine rings is 1. The van der Waals surface area contributed by atoms with E-state index in [9.17, 15) is 4.79 Å². The predicted molar refractivity (Wildman–Crippen MR) is 82.7 cm³/mol. The number of likely N-dealkylation sites (N-methyl/N-ethyl adjacent to an activating group) is 1. The van der Waals surface area contributed by atoms with Gasteiger partial charge in [0.1, 0.15) is 5.82 Å². The van der Waals surface area contributed by atoms with Gasteiger partial charge in [0, 0.05) is 43.7 Å². The molecule has 1 fully saturated rings. The summed E-state index contributed by atoms with van der Waals surface area (Å²) in [4.78, 5) is 24.4. The van der Waals surface area contributed by atoms with Crippen LogP contribution < -0.4 is 0 Å². The Morgan fingerprint density at radius 3 is 3.00 bits per heavy atom. The molecule has 0 aliphatic carbocycles. The van der Waals surface area contributed by atoms with E-state index in [1.165, 1.54) is 0 Å². The van der Waals surface area contributed by atoms with Crippen molar-refractivity contribution in [2.45, 2.75) is 19.9 Å². The minimum Gasteiger partial charge on any atom is -0.347 e. The molecule has 0 radical (unpaired) electrons. The zero-order valence-corrected chi connectivity index (χ0v) is 13.3. The Morgan fingerprint density at radius 2 is 2.40 bits per heavy atom. The van der Waals surface area contributed by atoms with Crippen molar-refractivity contribution < 1.29 is 4.79 Å². The number of hydrogen-bond donors (Lipinski definition) is 1. The average Bonchev–Trinajstić information content (AvgIpc) is 3.00. The first kappa shape index (κ1) is 15.4. The first-order valence-electron chi connectivity index (χ1n) is 7.18. The SMILES string of the molecule is CCN1CCN(C(=O)[C@@H](C)CSC)C[C@@H]1c1ncc[nH]1. The molecule has 6 heteroatoms. The van der Waals surface area contributed by atoms with Crippen LogP contribution in [0.25, 0.3) is 0 Å². The highest BCUT2D eigenvalue weighted by molar-refractivity contribution is 7.98. The van der Waals surface area contributed by atoms with Gasteiger partial charge in [-0.2, -0.15) is 11.8 Å². The van der Waals surface area contributed by atoms with Crippen molar-refractivity contribution in [3.63, 3.8) is 0 Å². The fourth-order valence-electron chi connectivity index (χ4n) is 2.75. The molecule has 20 heavy (non-hydrogen) atoms. The third-order valence-corrected chi connectivity index (χ3v) is 4.72. The molecule has 1 aromatic heterocycles. The molecule has 2 atom stereocenters. The summed E-state index contributed by atoms with van der Waals surface area (Å²) in [6.45, 7) is 7.63. The highest BCUT2D eigenvalue weighted by Crippen LogP contribution is 2.23. The quantitative estimate of drug-likeness (QED) is 0.897. The lowest BCUT2D eigenvalue weighted by molar-refractivity contribution is -0.137. The molecular formula is C14H24N4OS. The van der Waals surface area contributed by atoms with E-state index in [1.807, 2.05) is 24.3 Å². The summed E-state index contributed by atoms with van der Waals surface area (Å²) in [5.74, 6) is 2.21. The van der Waals surface area contributed by atoms with Crippen molar-refractivity contribution in [3.05, 3.63) is 18.2 Å². The number of imidazole rings is 1. The Bertz CT molecular complexity index is 423. The third-order valence-electron chi connectivity index (χ3n) is 3.88. The number of carbonyl (C=O) groups is 1. The van der Waals surface area contributed by atoms with Crippen LogP contribution in [-0.4, -0.2) is 63.9 Å². The van der Waals surface area contributed by atoms with Crippen LogP contribution in [0.15, 0.2) is 12.4 Å². The van der Waals surface area contributed by atoms with Crippen molar-refractivity contribution in [2.24, 2.45) is 5.92 Å². The first-order valence-corrected chi connectivity index (χ1v) is 8.57. The number of amides is 1. The van der Waals surface area contributed by atoms with E-state index >= 15 is 0 Å². The maximum absolute atomic E-state index is 12.5. The third kappa shape index (κ3) is 3.35. The van der Waals surface area contributed by atoms with Crippen LogP contribution in [0.5, 0.6) is 0 Å². The van der Waals surface area contributed by atoms with E-state index in [4.69, 9.17) is 0 Å². The average molecular weight is 296 g/mol. The van der Waals surface area contributed by atoms with Crippen molar-refractivity contribution in [1.82, 2.24) is 19.8 Å². The molecule has 5 nitrogen and oxygen atoms in total. The molecule has 1 aromatic rings. The Balaban J connectivity index is 2.06. The summed E-state index contributed by atoms with van der Waals surface area (Å²) in [6, 6.07) is 0.189. The van der Waals surface area contributed by atoms with Gasteiger partial charge in [-0.15, -0.1) is 0 Å². The van der Waals surface area contributed by atoms with Crippen molar-refractivity contribution >= 4 is 17.7 Å². The number of aromatic nitrogens is 2. The van der Waals surface area contributed by atoms with Gasteiger partial charge in [-0.3, -0.25) is 9.69 Å². The summed E-state index contributed by atoms with van der Waals surface area (Å²) in [5.41, 5.74) is 0. The lowest BCUT2D eigenvalue weighted by Crippen LogP contribution is -2.52. The number of nitrogens with one attached hydrogen (secondary N) is 1. The summed E-state index contributed by atoms with van der Waals surface area (Å²) in [6.07, 6.45) is 5.67. The van der Waals surface area contributed by atoms with Crippen molar-refractivity contribution in [1.29, 1.82) is 0 Å². The van der Waals surface area contributed by atoms with Crippen LogP contribution in [0, 0.1) is 5.92 Å². The number of aromatic amines is 1. The zero-order valence-electron chi connectivity index (χ0n) is 12.5. The van der Waals surface area contributed by atoms with Crippen LogP contribution in [0.4, 0.5) is 0 Å². The summed E-state index contributed by atoms with van der Waals surface area (Å²) in [7, 11) is 0. The van der Waals surface area contributed by atoms with E-state index in [1.54, 1.807) is 18.0 Å². The molecule has 112 valence electrons. The number of H-pyrrole nitrogens is 1. The minimum absolute atomic E-state index is 0.0930. The van der Waals surface area contributed by atoms with Crippen LogP contribution >= 0.6 is 11.8 Å². The molecule has 0 spiro atoms. The fourth-order valence-corrected chi connectivity index (χ4v) is 3.39. The lowest BCUT2D eigenvalue weighted by Gasteiger charge is -2.40. The maximum atomic E-state index is 12.5. The van der Waals surface area contributed by atoms with Crippen molar-refractivity contribution in [2.75, 3.05) is 38.2 Å². The van der Waals surface area contributed by atoms with Crippen LogP contribution in [-0.2, 0) is 4.79 Å². The normalized spacial score (nSPS) is 21.9. The summed E-state index contributed by atoms with van der Waals surface area (Å²) >= 11 is 1.73. The monoisotopic (exact) mass is 296 g/mol. The summed E-state index contributed by atoms with van der Waals surface area (Å²) in [5, 5.41) is 0. The second-order valence-corrected chi connectivity index (χ2v) is 6.17. The van der Waals surface area contributed by atoms with E-state index in [2.05, 4.69) is 21.8 Å². The second kappa shape index (κ2) is 7.13. The topological polar surface area (TPSA) is 52.2 Å². The Morgan fingerprint density at radius 1 is 1.60 bits per heavy atom. The van der Waals surface area contributed by atoms with Crippen LogP contribution in [0.1, 0.15) is 25.7 Å². The van der Waals surface area contributed by atoms with Gasteiger partial charge in [0.2, 0.25) is 5.91 Å². The van der Waals surface area contributed by atoms with Gasteiger partial charge in [-0.25, -0.2) is 4.98 Å².